The molecule has 1 amide bonds. The number of hydrogen-bond acceptors (Lipinski definition) is 4. The molecule has 0 aliphatic heterocycles. The highest BCUT2D eigenvalue weighted by atomic mass is 32.1. The Morgan fingerprint density at radius 2 is 1.86 bits per heavy atom. The molecule has 2 heterocycles. The smallest absolute Gasteiger partial charge is 0.273 e. The number of aryl methyl sites for hydroxylation is 1. The van der Waals surface area contributed by atoms with E-state index in [-0.39, 0.29) is 5.91 Å². The quantitative estimate of drug-likeness (QED) is 0.458. The minimum atomic E-state index is -0.0475. The van der Waals surface area contributed by atoms with Crippen molar-refractivity contribution in [3.63, 3.8) is 0 Å². The van der Waals surface area contributed by atoms with Crippen LogP contribution in [0.1, 0.15) is 28.5 Å². The van der Waals surface area contributed by atoms with E-state index in [9.17, 15) is 4.79 Å². The Morgan fingerprint density at radius 1 is 1.10 bits per heavy atom. The summed E-state index contributed by atoms with van der Waals surface area (Å²) in [7, 11) is 0. The summed E-state index contributed by atoms with van der Waals surface area (Å²) in [4.78, 5) is 19.4. The molecule has 6 heteroatoms. The zero-order valence-electron chi connectivity index (χ0n) is 16.4. The third-order valence-corrected chi connectivity index (χ3v) is 5.76. The van der Waals surface area contributed by atoms with Gasteiger partial charge in [-0.2, -0.15) is 5.10 Å². The van der Waals surface area contributed by atoms with Crippen molar-refractivity contribution < 1.29 is 4.79 Å². The Labute approximate surface area is 174 Å². The normalized spacial score (nSPS) is 10.8. The van der Waals surface area contributed by atoms with Gasteiger partial charge in [0.05, 0.1) is 11.9 Å². The summed E-state index contributed by atoms with van der Waals surface area (Å²) in [6.45, 7) is 5.28. The van der Waals surface area contributed by atoms with Crippen LogP contribution in [0, 0.1) is 6.92 Å². The van der Waals surface area contributed by atoms with Crippen molar-refractivity contribution >= 4 is 17.2 Å². The minimum absolute atomic E-state index is 0.0475. The maximum absolute atomic E-state index is 13.0. The van der Waals surface area contributed by atoms with Crippen LogP contribution in [0.15, 0.2) is 72.4 Å². The van der Waals surface area contributed by atoms with Crippen LogP contribution in [0.2, 0.25) is 0 Å². The Kier molecular flexibility index (Phi) is 5.53. The second-order valence-corrected chi connectivity index (χ2v) is 7.65. The Morgan fingerprint density at radius 3 is 2.62 bits per heavy atom. The van der Waals surface area contributed by atoms with Gasteiger partial charge in [-0.05, 0) is 37.1 Å². The summed E-state index contributed by atoms with van der Waals surface area (Å²) < 4.78 is 1.81. The van der Waals surface area contributed by atoms with E-state index in [4.69, 9.17) is 0 Å². The maximum atomic E-state index is 13.0. The summed E-state index contributed by atoms with van der Waals surface area (Å²) in [6.07, 6.45) is 3.72. The number of thiazole rings is 1. The molecule has 0 aliphatic rings. The number of hydrogen-bond donors (Lipinski definition) is 0. The number of para-hydroxylation sites is 1. The van der Waals surface area contributed by atoms with Gasteiger partial charge in [0.25, 0.3) is 5.91 Å². The van der Waals surface area contributed by atoms with Crippen LogP contribution in [0.3, 0.4) is 0 Å². The monoisotopic (exact) mass is 402 g/mol. The van der Waals surface area contributed by atoms with Gasteiger partial charge in [0.2, 0.25) is 0 Å². The first kappa shape index (κ1) is 19.1. The van der Waals surface area contributed by atoms with Gasteiger partial charge in [-0.1, -0.05) is 42.5 Å². The lowest BCUT2D eigenvalue weighted by atomic mass is 10.1. The summed E-state index contributed by atoms with van der Waals surface area (Å²) in [6, 6.07) is 18.1. The number of rotatable bonds is 6. The average Bonchev–Trinajstić information content (AvgIpc) is 3.43. The Balaban J connectivity index is 1.53. The second-order valence-electron chi connectivity index (χ2n) is 6.79. The summed E-state index contributed by atoms with van der Waals surface area (Å²) in [5, 5.41) is 7.05. The molecule has 4 rings (SSSR count). The molecule has 5 nitrogen and oxygen atoms in total. The molecule has 146 valence electrons. The van der Waals surface area contributed by atoms with E-state index in [1.54, 1.807) is 6.20 Å². The molecule has 0 saturated heterocycles. The van der Waals surface area contributed by atoms with Crippen molar-refractivity contribution in [2.45, 2.75) is 20.4 Å². The van der Waals surface area contributed by atoms with Crippen molar-refractivity contribution in [2.75, 3.05) is 6.54 Å². The van der Waals surface area contributed by atoms with E-state index in [0.717, 1.165) is 21.8 Å². The third-order valence-electron chi connectivity index (χ3n) is 4.86. The van der Waals surface area contributed by atoms with E-state index < -0.39 is 0 Å². The number of aromatic nitrogens is 3. The Bertz CT molecular complexity index is 1120. The van der Waals surface area contributed by atoms with Crippen LogP contribution in [0.25, 0.3) is 16.3 Å². The molecule has 29 heavy (non-hydrogen) atoms. The molecule has 0 spiro atoms. The molecular formula is C23H22N4OS. The van der Waals surface area contributed by atoms with Crippen molar-refractivity contribution in [3.05, 3.63) is 89.2 Å². The highest BCUT2D eigenvalue weighted by molar-refractivity contribution is 7.13. The van der Waals surface area contributed by atoms with Crippen molar-refractivity contribution in [1.82, 2.24) is 19.7 Å². The van der Waals surface area contributed by atoms with Crippen molar-refractivity contribution in [2.24, 2.45) is 0 Å². The molecule has 0 aliphatic carbocycles. The van der Waals surface area contributed by atoms with Gasteiger partial charge in [0.1, 0.15) is 10.7 Å². The molecule has 0 saturated carbocycles. The van der Waals surface area contributed by atoms with E-state index in [0.29, 0.717) is 18.8 Å². The highest BCUT2D eigenvalue weighted by Gasteiger charge is 2.19. The minimum Gasteiger partial charge on any atom is -0.333 e. The first-order valence-electron chi connectivity index (χ1n) is 9.55. The fraction of sp³-hybridized carbons (Fsp3) is 0.174. The van der Waals surface area contributed by atoms with Crippen LogP contribution in [0.5, 0.6) is 0 Å². The summed E-state index contributed by atoms with van der Waals surface area (Å²) in [5.74, 6) is -0.0475. The van der Waals surface area contributed by atoms with E-state index in [1.807, 2.05) is 70.5 Å². The van der Waals surface area contributed by atoms with Crippen LogP contribution in [-0.2, 0) is 6.54 Å². The number of carbonyl (C=O) groups is 1. The summed E-state index contributed by atoms with van der Waals surface area (Å²) in [5.41, 5.74) is 4.71. The molecule has 0 fully saturated rings. The van der Waals surface area contributed by atoms with Gasteiger partial charge in [0, 0.05) is 30.2 Å². The van der Waals surface area contributed by atoms with Gasteiger partial charge in [-0.3, -0.25) is 4.79 Å². The highest BCUT2D eigenvalue weighted by Crippen LogP contribution is 2.25. The van der Waals surface area contributed by atoms with E-state index in [2.05, 4.69) is 29.1 Å². The van der Waals surface area contributed by atoms with Gasteiger partial charge in [-0.25, -0.2) is 9.67 Å². The van der Waals surface area contributed by atoms with E-state index in [1.165, 1.54) is 16.9 Å². The lowest BCUT2D eigenvalue weighted by Crippen LogP contribution is -2.30. The van der Waals surface area contributed by atoms with Gasteiger partial charge < -0.3 is 4.90 Å². The van der Waals surface area contributed by atoms with Crippen LogP contribution < -0.4 is 0 Å². The molecule has 0 radical (unpaired) electrons. The zero-order valence-corrected chi connectivity index (χ0v) is 17.3. The van der Waals surface area contributed by atoms with Crippen LogP contribution in [-0.4, -0.2) is 32.1 Å². The maximum Gasteiger partial charge on any atom is 0.273 e. The van der Waals surface area contributed by atoms with Gasteiger partial charge >= 0.3 is 0 Å². The molecule has 2 aromatic carbocycles. The molecule has 0 bridgehead atoms. The first-order valence-corrected chi connectivity index (χ1v) is 10.4. The lowest BCUT2D eigenvalue weighted by Gasteiger charge is -2.21. The number of benzene rings is 2. The standard InChI is InChI=1S/C23H22N4OS/c1-3-26(14-18-10-8-7-9-17(18)2)23(28)21-16-29-22(25-21)19-13-24-27(15-19)20-11-5-4-6-12-20/h4-13,15-16H,3,14H2,1-2H3. The number of carbonyl (C=O) groups excluding carboxylic acids is 1. The number of amides is 1. The molecular weight excluding hydrogens is 380 g/mol. The molecule has 0 atom stereocenters. The Hall–Kier alpha value is -3.25. The molecule has 0 unspecified atom stereocenters. The fourth-order valence-electron chi connectivity index (χ4n) is 3.14. The van der Waals surface area contributed by atoms with Crippen molar-refractivity contribution in [3.8, 4) is 16.3 Å². The third kappa shape index (κ3) is 4.12. The van der Waals surface area contributed by atoms with Gasteiger partial charge in [0.15, 0.2) is 0 Å². The second kappa shape index (κ2) is 8.41. The SMILES string of the molecule is CCN(Cc1ccccc1C)C(=O)c1csc(-c2cnn(-c3ccccc3)c2)n1. The van der Waals surface area contributed by atoms with Crippen LogP contribution in [0.4, 0.5) is 0 Å². The van der Waals surface area contributed by atoms with Gasteiger partial charge in [-0.15, -0.1) is 11.3 Å². The fourth-order valence-corrected chi connectivity index (χ4v) is 3.91. The predicted octanol–water partition coefficient (Wildman–Crippen LogP) is 4.97. The van der Waals surface area contributed by atoms with Crippen molar-refractivity contribution in [1.29, 1.82) is 0 Å². The number of nitrogens with zero attached hydrogens (tertiary/aromatic N) is 4. The predicted molar refractivity (Wildman–Crippen MR) is 116 cm³/mol. The van der Waals surface area contributed by atoms with E-state index >= 15 is 0 Å². The molecule has 2 aromatic heterocycles. The lowest BCUT2D eigenvalue weighted by molar-refractivity contribution is 0.0747. The average molecular weight is 403 g/mol. The molecule has 4 aromatic rings. The molecule has 0 N–H and O–H groups in total. The summed E-state index contributed by atoms with van der Waals surface area (Å²) >= 11 is 1.46. The van der Waals surface area contributed by atoms with Crippen LogP contribution >= 0.6 is 11.3 Å². The largest absolute Gasteiger partial charge is 0.333 e. The zero-order chi connectivity index (χ0) is 20.2. The first-order chi connectivity index (χ1) is 14.2. The topological polar surface area (TPSA) is 51.0 Å².